The predicted octanol–water partition coefficient (Wildman–Crippen LogP) is -0.809. The molecule has 2 amide bonds. The zero-order valence-corrected chi connectivity index (χ0v) is 9.17. The Labute approximate surface area is 97.0 Å². The van der Waals surface area contributed by atoms with E-state index in [2.05, 4.69) is 10.6 Å². The molecular formula is C9H14N2O6. The molecule has 0 aliphatic heterocycles. The Morgan fingerprint density at radius 2 is 1.82 bits per heavy atom. The van der Waals surface area contributed by atoms with Crippen LogP contribution < -0.4 is 10.6 Å². The Hall–Kier alpha value is -2.12. The number of urea groups is 1. The van der Waals surface area contributed by atoms with Gasteiger partial charge in [0.1, 0.15) is 12.3 Å². The van der Waals surface area contributed by atoms with E-state index >= 15 is 0 Å². The summed E-state index contributed by atoms with van der Waals surface area (Å²) < 4.78 is 0. The van der Waals surface area contributed by atoms with Gasteiger partial charge in [-0.15, -0.1) is 0 Å². The van der Waals surface area contributed by atoms with Gasteiger partial charge in [0.05, 0.1) is 6.04 Å². The van der Waals surface area contributed by atoms with Crippen molar-refractivity contribution in [3.8, 4) is 0 Å². The summed E-state index contributed by atoms with van der Waals surface area (Å²) in [6.07, 6.45) is -0.124. The van der Waals surface area contributed by atoms with Gasteiger partial charge >= 0.3 is 18.0 Å². The highest BCUT2D eigenvalue weighted by Gasteiger charge is 2.21. The van der Waals surface area contributed by atoms with Crippen LogP contribution in [0.2, 0.25) is 0 Å². The Kier molecular flexibility index (Phi) is 6.30. The number of nitrogens with one attached hydrogen (secondary N) is 2. The zero-order valence-electron chi connectivity index (χ0n) is 9.17. The van der Waals surface area contributed by atoms with E-state index in [-0.39, 0.29) is 12.8 Å². The fourth-order valence-electron chi connectivity index (χ4n) is 0.966. The van der Waals surface area contributed by atoms with Crippen LogP contribution in [0.3, 0.4) is 0 Å². The molecule has 2 atom stereocenters. The van der Waals surface area contributed by atoms with E-state index in [1.165, 1.54) is 6.92 Å². The van der Waals surface area contributed by atoms with Crippen LogP contribution in [0.5, 0.6) is 0 Å². The standard InChI is InChI=1S/C9H14N2O6/c1-5(4-12)10-9(17)11-6(8(15)16)2-3-7(13)14/h4-6H,2-3H2,1H3,(H,13,14)(H,15,16)(H2,10,11,17). The number of carbonyl (C=O) groups is 4. The molecule has 2 unspecified atom stereocenters. The monoisotopic (exact) mass is 246 g/mol. The van der Waals surface area contributed by atoms with Crippen LogP contribution in [-0.4, -0.2) is 46.6 Å². The van der Waals surface area contributed by atoms with Gasteiger partial charge in [-0.3, -0.25) is 4.79 Å². The third-order valence-electron chi connectivity index (χ3n) is 1.81. The van der Waals surface area contributed by atoms with E-state index in [4.69, 9.17) is 10.2 Å². The van der Waals surface area contributed by atoms with Gasteiger partial charge in [0.2, 0.25) is 0 Å². The molecule has 17 heavy (non-hydrogen) atoms. The highest BCUT2D eigenvalue weighted by atomic mass is 16.4. The summed E-state index contributed by atoms with van der Waals surface area (Å²) in [5.41, 5.74) is 0. The van der Waals surface area contributed by atoms with Crippen molar-refractivity contribution in [3.05, 3.63) is 0 Å². The molecule has 0 aliphatic rings. The number of amides is 2. The Morgan fingerprint density at radius 1 is 1.24 bits per heavy atom. The molecule has 0 saturated heterocycles. The highest BCUT2D eigenvalue weighted by Crippen LogP contribution is 1.98. The Bertz CT molecular complexity index is 317. The molecule has 4 N–H and O–H groups in total. The first-order chi connectivity index (χ1) is 7.86. The average Bonchev–Trinajstić information content (AvgIpc) is 2.23. The molecule has 0 saturated carbocycles. The summed E-state index contributed by atoms with van der Waals surface area (Å²) in [5.74, 6) is -2.49. The summed E-state index contributed by atoms with van der Waals surface area (Å²) in [4.78, 5) is 42.4. The molecule has 0 fully saturated rings. The topological polar surface area (TPSA) is 133 Å². The lowest BCUT2D eigenvalue weighted by Gasteiger charge is -2.15. The molecule has 0 aromatic heterocycles. The molecule has 0 aromatic carbocycles. The van der Waals surface area contributed by atoms with Crippen molar-refractivity contribution >= 4 is 24.3 Å². The van der Waals surface area contributed by atoms with Crippen LogP contribution in [0, 0.1) is 0 Å². The van der Waals surface area contributed by atoms with Crippen molar-refractivity contribution in [2.45, 2.75) is 31.8 Å². The third kappa shape index (κ3) is 6.88. The van der Waals surface area contributed by atoms with E-state index in [0.29, 0.717) is 6.29 Å². The number of rotatable bonds is 7. The fraction of sp³-hybridized carbons (Fsp3) is 0.556. The number of carbonyl (C=O) groups excluding carboxylic acids is 2. The van der Waals surface area contributed by atoms with E-state index in [1.807, 2.05) is 0 Å². The lowest BCUT2D eigenvalue weighted by atomic mass is 10.1. The number of aliphatic carboxylic acids is 2. The second-order valence-electron chi connectivity index (χ2n) is 3.37. The molecule has 8 heteroatoms. The van der Waals surface area contributed by atoms with Gasteiger partial charge < -0.3 is 25.6 Å². The quantitative estimate of drug-likeness (QED) is 0.434. The summed E-state index contributed by atoms with van der Waals surface area (Å²) in [7, 11) is 0. The van der Waals surface area contributed by atoms with Crippen molar-refractivity contribution in [2.24, 2.45) is 0 Å². The molecule has 0 spiro atoms. The van der Waals surface area contributed by atoms with Crippen LogP contribution in [-0.2, 0) is 14.4 Å². The number of hydrogen-bond donors (Lipinski definition) is 4. The predicted molar refractivity (Wildman–Crippen MR) is 55.5 cm³/mol. The molecular weight excluding hydrogens is 232 g/mol. The number of carboxylic acid groups (broad SMARTS) is 2. The fourth-order valence-corrected chi connectivity index (χ4v) is 0.966. The van der Waals surface area contributed by atoms with Gasteiger partial charge in [0.25, 0.3) is 0 Å². The van der Waals surface area contributed by atoms with Crippen molar-refractivity contribution in [1.29, 1.82) is 0 Å². The SMILES string of the molecule is CC(C=O)NC(=O)NC(CCC(=O)O)C(=O)O. The Balaban J connectivity index is 4.24. The Morgan fingerprint density at radius 3 is 2.24 bits per heavy atom. The highest BCUT2D eigenvalue weighted by molar-refractivity contribution is 5.84. The maximum Gasteiger partial charge on any atom is 0.326 e. The van der Waals surface area contributed by atoms with Gasteiger partial charge in [-0.1, -0.05) is 0 Å². The molecule has 0 aliphatic carbocycles. The maximum absolute atomic E-state index is 11.2. The van der Waals surface area contributed by atoms with E-state index in [1.54, 1.807) is 0 Å². The minimum Gasteiger partial charge on any atom is -0.481 e. The third-order valence-corrected chi connectivity index (χ3v) is 1.81. The van der Waals surface area contributed by atoms with Crippen LogP contribution >= 0.6 is 0 Å². The summed E-state index contributed by atoms with van der Waals surface area (Å²) in [5, 5.41) is 21.4. The molecule has 0 rings (SSSR count). The number of aldehydes is 1. The number of hydrogen-bond acceptors (Lipinski definition) is 4. The number of carboxylic acids is 2. The second-order valence-corrected chi connectivity index (χ2v) is 3.37. The smallest absolute Gasteiger partial charge is 0.326 e. The second kappa shape index (κ2) is 7.20. The van der Waals surface area contributed by atoms with Crippen molar-refractivity contribution in [3.63, 3.8) is 0 Å². The van der Waals surface area contributed by atoms with Crippen LogP contribution in [0.1, 0.15) is 19.8 Å². The van der Waals surface area contributed by atoms with Crippen molar-refractivity contribution in [2.75, 3.05) is 0 Å². The molecule has 0 bridgehead atoms. The van der Waals surface area contributed by atoms with Gasteiger partial charge in [-0.05, 0) is 13.3 Å². The summed E-state index contributed by atoms with van der Waals surface area (Å²) >= 11 is 0. The minimum atomic E-state index is -1.33. The van der Waals surface area contributed by atoms with Crippen molar-refractivity contribution < 1.29 is 29.4 Å². The first-order valence-electron chi connectivity index (χ1n) is 4.83. The summed E-state index contributed by atoms with van der Waals surface area (Å²) in [6, 6.07) is -2.88. The average molecular weight is 246 g/mol. The zero-order chi connectivity index (χ0) is 13.4. The lowest BCUT2D eigenvalue weighted by molar-refractivity contribution is -0.140. The van der Waals surface area contributed by atoms with Gasteiger partial charge in [0, 0.05) is 6.42 Å². The van der Waals surface area contributed by atoms with E-state index in [9.17, 15) is 19.2 Å². The van der Waals surface area contributed by atoms with E-state index in [0.717, 1.165) is 0 Å². The molecule has 8 nitrogen and oxygen atoms in total. The largest absolute Gasteiger partial charge is 0.481 e. The van der Waals surface area contributed by atoms with Gasteiger partial charge in [0.15, 0.2) is 0 Å². The van der Waals surface area contributed by atoms with Crippen molar-refractivity contribution in [1.82, 2.24) is 10.6 Å². The minimum absolute atomic E-state index is 0.229. The van der Waals surface area contributed by atoms with Gasteiger partial charge in [-0.25, -0.2) is 9.59 Å². The molecule has 0 aromatic rings. The molecule has 0 radical (unpaired) electrons. The maximum atomic E-state index is 11.2. The normalized spacial score (nSPS) is 13.2. The first-order valence-corrected chi connectivity index (χ1v) is 4.83. The molecule has 96 valence electrons. The van der Waals surface area contributed by atoms with Crippen LogP contribution in [0.4, 0.5) is 4.79 Å². The van der Waals surface area contributed by atoms with Crippen LogP contribution in [0.15, 0.2) is 0 Å². The first kappa shape index (κ1) is 14.9. The summed E-state index contributed by atoms with van der Waals surface area (Å²) in [6.45, 7) is 1.42. The van der Waals surface area contributed by atoms with E-state index < -0.39 is 30.1 Å². The molecule has 0 heterocycles. The van der Waals surface area contributed by atoms with Crippen LogP contribution in [0.25, 0.3) is 0 Å². The lowest BCUT2D eigenvalue weighted by Crippen LogP contribution is -2.48. The van der Waals surface area contributed by atoms with Gasteiger partial charge in [-0.2, -0.15) is 0 Å².